The molecule has 2 amide bonds. The summed E-state index contributed by atoms with van der Waals surface area (Å²) in [5.41, 5.74) is 2.02. The van der Waals surface area contributed by atoms with Gasteiger partial charge in [-0.25, -0.2) is 10.6 Å². The van der Waals surface area contributed by atoms with E-state index in [2.05, 4.69) is 17.2 Å². The molecule has 0 spiro atoms. The summed E-state index contributed by atoms with van der Waals surface area (Å²) in [5.74, 6) is 10.7. The second kappa shape index (κ2) is 8.66. The van der Waals surface area contributed by atoms with Gasteiger partial charge in [0.2, 0.25) is 0 Å². The van der Waals surface area contributed by atoms with Crippen molar-refractivity contribution < 1.29 is 19.1 Å². The van der Waals surface area contributed by atoms with E-state index in [4.69, 9.17) is 15.3 Å². The number of nitrogens with one attached hydrogen (secondary N) is 2. The van der Waals surface area contributed by atoms with Crippen molar-refractivity contribution in [1.29, 1.82) is 0 Å². The molecule has 0 aliphatic carbocycles. The first kappa shape index (κ1) is 18.3. The number of benzene rings is 1. The summed E-state index contributed by atoms with van der Waals surface area (Å²) in [6, 6.07) is 6.99. The molecular formula is C16H21N3O4. The molecule has 0 fully saturated rings. The van der Waals surface area contributed by atoms with Crippen LogP contribution in [0.25, 0.3) is 0 Å². The zero-order valence-corrected chi connectivity index (χ0v) is 13.4. The lowest BCUT2D eigenvalue weighted by Crippen LogP contribution is -2.34. The van der Waals surface area contributed by atoms with Gasteiger partial charge in [-0.15, -0.1) is 0 Å². The highest BCUT2D eigenvalue weighted by Gasteiger charge is 2.15. The summed E-state index contributed by atoms with van der Waals surface area (Å²) in [7, 11) is 0. The lowest BCUT2D eigenvalue weighted by atomic mass is 10.2. The molecule has 7 heteroatoms. The minimum Gasteiger partial charge on any atom is -0.482 e. The number of nitrogens with two attached hydrogens (primary N) is 1. The topological polar surface area (TPSA) is 103 Å². The van der Waals surface area contributed by atoms with E-state index in [9.17, 15) is 9.59 Å². The minimum absolute atomic E-state index is 0.131. The fourth-order valence-electron chi connectivity index (χ4n) is 1.45. The average molecular weight is 319 g/mol. The first-order chi connectivity index (χ1) is 10.8. The van der Waals surface area contributed by atoms with Gasteiger partial charge >= 0.3 is 6.09 Å². The van der Waals surface area contributed by atoms with E-state index in [-0.39, 0.29) is 13.2 Å². The van der Waals surface area contributed by atoms with Crippen molar-refractivity contribution in [3.8, 4) is 17.6 Å². The van der Waals surface area contributed by atoms with Crippen LogP contribution in [0.3, 0.4) is 0 Å². The van der Waals surface area contributed by atoms with E-state index in [0.29, 0.717) is 11.3 Å². The molecule has 0 unspecified atom stereocenters. The molecule has 0 radical (unpaired) electrons. The van der Waals surface area contributed by atoms with Crippen LogP contribution in [-0.2, 0) is 9.53 Å². The molecule has 1 rings (SSSR count). The monoisotopic (exact) mass is 319 g/mol. The molecule has 124 valence electrons. The Morgan fingerprint density at radius 1 is 1.26 bits per heavy atom. The van der Waals surface area contributed by atoms with Crippen LogP contribution in [0.4, 0.5) is 4.79 Å². The van der Waals surface area contributed by atoms with Gasteiger partial charge in [-0.05, 0) is 32.9 Å². The minimum atomic E-state index is -0.554. The first-order valence-corrected chi connectivity index (χ1v) is 6.99. The molecule has 0 aliphatic rings. The van der Waals surface area contributed by atoms with Crippen LogP contribution in [0, 0.1) is 11.8 Å². The Hall–Kier alpha value is -2.72. The third-order valence-corrected chi connectivity index (χ3v) is 2.35. The highest BCUT2D eigenvalue weighted by molar-refractivity contribution is 5.76. The van der Waals surface area contributed by atoms with Crippen LogP contribution in [0.5, 0.6) is 5.75 Å². The number of amides is 2. The summed E-state index contributed by atoms with van der Waals surface area (Å²) in [6.45, 7) is 5.27. The number of carbonyl (C=O) groups is 2. The second-order valence-corrected chi connectivity index (χ2v) is 5.51. The molecule has 23 heavy (non-hydrogen) atoms. The Bertz CT molecular complexity index is 612. The molecule has 7 nitrogen and oxygen atoms in total. The number of hydrazine groups is 1. The van der Waals surface area contributed by atoms with Gasteiger partial charge in [-0.2, -0.15) is 0 Å². The maximum absolute atomic E-state index is 11.5. The van der Waals surface area contributed by atoms with Crippen LogP contribution in [0.2, 0.25) is 0 Å². The summed E-state index contributed by atoms with van der Waals surface area (Å²) < 4.78 is 10.4. The van der Waals surface area contributed by atoms with Crippen molar-refractivity contribution in [1.82, 2.24) is 10.7 Å². The smallest absolute Gasteiger partial charge is 0.408 e. The normalized spacial score (nSPS) is 10.1. The maximum Gasteiger partial charge on any atom is 0.408 e. The molecule has 0 saturated carbocycles. The Labute approximate surface area is 135 Å². The van der Waals surface area contributed by atoms with Gasteiger partial charge < -0.3 is 14.8 Å². The van der Waals surface area contributed by atoms with Gasteiger partial charge in [-0.3, -0.25) is 10.2 Å². The van der Waals surface area contributed by atoms with E-state index >= 15 is 0 Å². The zero-order valence-electron chi connectivity index (χ0n) is 13.4. The van der Waals surface area contributed by atoms with Crippen molar-refractivity contribution in [2.24, 2.45) is 5.84 Å². The van der Waals surface area contributed by atoms with E-state index < -0.39 is 17.6 Å². The number of para-hydroxylation sites is 1. The van der Waals surface area contributed by atoms with Gasteiger partial charge in [-0.1, -0.05) is 24.0 Å². The molecule has 1 aromatic carbocycles. The quantitative estimate of drug-likeness (QED) is 0.332. The highest BCUT2D eigenvalue weighted by atomic mass is 16.6. The zero-order chi connectivity index (χ0) is 17.3. The van der Waals surface area contributed by atoms with E-state index in [1.165, 1.54) is 0 Å². The van der Waals surface area contributed by atoms with Crippen molar-refractivity contribution in [2.45, 2.75) is 26.4 Å². The Morgan fingerprint density at radius 3 is 2.61 bits per heavy atom. The molecule has 0 bridgehead atoms. The largest absolute Gasteiger partial charge is 0.482 e. The standard InChI is InChI=1S/C16H21N3O4/c1-16(2,3)23-15(21)18-10-6-8-12-7-4-5-9-13(12)22-11-14(20)19-17/h4-5,7,9H,10-11,17H2,1-3H3,(H,18,21)(H,19,20). The van der Waals surface area contributed by atoms with E-state index in [1.807, 2.05) is 5.43 Å². The van der Waals surface area contributed by atoms with Crippen molar-refractivity contribution in [3.05, 3.63) is 29.8 Å². The Morgan fingerprint density at radius 2 is 1.96 bits per heavy atom. The molecule has 0 saturated heterocycles. The molecule has 0 aliphatic heterocycles. The summed E-state index contributed by atoms with van der Waals surface area (Å²) in [6.07, 6.45) is -0.532. The average Bonchev–Trinajstić information content (AvgIpc) is 2.48. The van der Waals surface area contributed by atoms with Crippen molar-refractivity contribution in [2.75, 3.05) is 13.2 Å². The molecule has 1 aromatic rings. The number of carbonyl (C=O) groups excluding carboxylic acids is 2. The maximum atomic E-state index is 11.5. The van der Waals surface area contributed by atoms with Crippen LogP contribution < -0.4 is 21.3 Å². The molecular weight excluding hydrogens is 298 g/mol. The lowest BCUT2D eigenvalue weighted by Gasteiger charge is -2.19. The SMILES string of the molecule is CC(C)(C)OC(=O)NCC#Cc1ccccc1OCC(=O)NN. The number of rotatable bonds is 4. The number of alkyl carbamates (subject to hydrolysis) is 1. The van der Waals surface area contributed by atoms with Gasteiger partial charge in [0.1, 0.15) is 11.4 Å². The van der Waals surface area contributed by atoms with Gasteiger partial charge in [0.05, 0.1) is 12.1 Å². The third kappa shape index (κ3) is 7.74. The lowest BCUT2D eigenvalue weighted by molar-refractivity contribution is -0.123. The molecule has 0 aromatic heterocycles. The van der Waals surface area contributed by atoms with Crippen LogP contribution in [-0.4, -0.2) is 30.8 Å². The fraction of sp³-hybridized carbons (Fsp3) is 0.375. The molecule has 0 atom stereocenters. The Balaban J connectivity index is 2.58. The molecule has 0 heterocycles. The van der Waals surface area contributed by atoms with Crippen molar-refractivity contribution in [3.63, 3.8) is 0 Å². The summed E-state index contributed by atoms with van der Waals surface area (Å²) in [5, 5.41) is 2.53. The number of ether oxygens (including phenoxy) is 2. The van der Waals surface area contributed by atoms with Crippen LogP contribution >= 0.6 is 0 Å². The second-order valence-electron chi connectivity index (χ2n) is 5.51. The Kier molecular flexibility index (Phi) is 6.90. The van der Waals surface area contributed by atoms with E-state index in [0.717, 1.165) is 0 Å². The van der Waals surface area contributed by atoms with Crippen LogP contribution in [0.15, 0.2) is 24.3 Å². The van der Waals surface area contributed by atoms with Crippen LogP contribution in [0.1, 0.15) is 26.3 Å². The summed E-state index contributed by atoms with van der Waals surface area (Å²) in [4.78, 5) is 22.6. The number of hydrogen-bond donors (Lipinski definition) is 3. The third-order valence-electron chi connectivity index (χ3n) is 2.35. The van der Waals surface area contributed by atoms with Gasteiger partial charge in [0.15, 0.2) is 6.61 Å². The van der Waals surface area contributed by atoms with E-state index in [1.54, 1.807) is 45.0 Å². The van der Waals surface area contributed by atoms with Gasteiger partial charge in [0, 0.05) is 0 Å². The summed E-state index contributed by atoms with van der Waals surface area (Å²) >= 11 is 0. The highest BCUT2D eigenvalue weighted by Crippen LogP contribution is 2.16. The van der Waals surface area contributed by atoms with Gasteiger partial charge in [0.25, 0.3) is 5.91 Å². The number of hydrogen-bond acceptors (Lipinski definition) is 5. The predicted molar refractivity (Wildman–Crippen MR) is 85.4 cm³/mol. The predicted octanol–water partition coefficient (Wildman–Crippen LogP) is 0.931. The van der Waals surface area contributed by atoms with Crippen molar-refractivity contribution >= 4 is 12.0 Å². The first-order valence-electron chi connectivity index (χ1n) is 6.99. The fourth-order valence-corrected chi connectivity index (χ4v) is 1.45. The molecule has 4 N–H and O–H groups in total.